The van der Waals surface area contributed by atoms with E-state index in [0.29, 0.717) is 28.5 Å². The smallest absolute Gasteiger partial charge is 0.127 e. The second kappa shape index (κ2) is 8.72. The molecular weight excluding hydrogens is 356 g/mol. The first-order valence-electron chi connectivity index (χ1n) is 8.29. The van der Waals surface area contributed by atoms with E-state index in [9.17, 15) is 5.26 Å². The number of allylic oxidation sites excluding steroid dienone is 1. The van der Waals surface area contributed by atoms with Gasteiger partial charge in [-0.2, -0.15) is 10.5 Å². The van der Waals surface area contributed by atoms with Gasteiger partial charge in [0.25, 0.3) is 0 Å². The minimum absolute atomic E-state index is 0.337. The lowest BCUT2D eigenvalue weighted by molar-refractivity contribution is 0.305. The highest BCUT2D eigenvalue weighted by atomic mass is 35.5. The SMILES string of the molecule is N#C/C(=C/c1ccccc1OCc1ccccc1Cl)c1ccc(C#N)cc1. The number of nitrogens with zero attached hydrogens (tertiary/aromatic N) is 2. The van der Waals surface area contributed by atoms with E-state index in [1.807, 2.05) is 48.5 Å². The van der Waals surface area contributed by atoms with Crippen molar-refractivity contribution in [1.82, 2.24) is 0 Å². The van der Waals surface area contributed by atoms with Crippen molar-refractivity contribution >= 4 is 23.3 Å². The molecule has 0 unspecified atom stereocenters. The summed E-state index contributed by atoms with van der Waals surface area (Å²) in [6, 6.07) is 26.3. The molecule has 0 radical (unpaired) electrons. The molecule has 0 heterocycles. The summed E-state index contributed by atoms with van der Waals surface area (Å²) in [5, 5.41) is 19.1. The molecule has 130 valence electrons. The van der Waals surface area contributed by atoms with Crippen molar-refractivity contribution in [2.24, 2.45) is 0 Å². The van der Waals surface area contributed by atoms with E-state index in [-0.39, 0.29) is 0 Å². The Kier molecular flexibility index (Phi) is 5.90. The van der Waals surface area contributed by atoms with E-state index in [2.05, 4.69) is 12.1 Å². The maximum Gasteiger partial charge on any atom is 0.127 e. The largest absolute Gasteiger partial charge is 0.488 e. The van der Waals surface area contributed by atoms with Crippen molar-refractivity contribution in [1.29, 1.82) is 10.5 Å². The van der Waals surface area contributed by atoms with Gasteiger partial charge < -0.3 is 4.74 Å². The summed E-state index contributed by atoms with van der Waals surface area (Å²) in [7, 11) is 0. The van der Waals surface area contributed by atoms with Crippen LogP contribution in [-0.2, 0) is 6.61 Å². The average Bonchev–Trinajstić information content (AvgIpc) is 2.72. The van der Waals surface area contributed by atoms with Gasteiger partial charge in [-0.3, -0.25) is 0 Å². The molecule has 27 heavy (non-hydrogen) atoms. The number of benzene rings is 3. The lowest BCUT2D eigenvalue weighted by Gasteiger charge is -2.11. The van der Waals surface area contributed by atoms with Crippen LogP contribution in [0.15, 0.2) is 72.8 Å². The minimum Gasteiger partial charge on any atom is -0.488 e. The summed E-state index contributed by atoms with van der Waals surface area (Å²) >= 11 is 6.18. The van der Waals surface area contributed by atoms with Crippen LogP contribution in [0.4, 0.5) is 0 Å². The molecule has 0 aliphatic carbocycles. The molecule has 0 saturated heterocycles. The molecular formula is C23H15ClN2O. The molecule has 3 aromatic carbocycles. The standard InChI is InChI=1S/C23H15ClN2O/c24-22-7-3-1-6-20(22)16-27-23-8-4-2-5-19(23)13-21(15-26)18-11-9-17(14-25)10-12-18/h1-13H,16H2/b21-13-. The predicted molar refractivity (Wildman–Crippen MR) is 107 cm³/mol. The molecule has 0 spiro atoms. The van der Waals surface area contributed by atoms with E-state index in [4.69, 9.17) is 21.6 Å². The second-order valence-electron chi connectivity index (χ2n) is 5.78. The summed E-state index contributed by atoms with van der Waals surface area (Å²) in [4.78, 5) is 0. The molecule has 3 nitrogen and oxygen atoms in total. The first-order valence-corrected chi connectivity index (χ1v) is 8.66. The molecule has 0 bridgehead atoms. The molecule has 4 heteroatoms. The summed E-state index contributed by atoms with van der Waals surface area (Å²) < 4.78 is 5.94. The van der Waals surface area contributed by atoms with Gasteiger partial charge in [-0.1, -0.05) is 60.1 Å². The highest BCUT2D eigenvalue weighted by Crippen LogP contribution is 2.26. The van der Waals surface area contributed by atoms with E-state index in [0.717, 1.165) is 16.7 Å². The molecule has 0 saturated carbocycles. The monoisotopic (exact) mass is 370 g/mol. The van der Waals surface area contributed by atoms with Crippen LogP contribution in [0.5, 0.6) is 5.75 Å². The quantitative estimate of drug-likeness (QED) is 0.417. The Bertz CT molecular complexity index is 1060. The lowest BCUT2D eigenvalue weighted by Crippen LogP contribution is -1.97. The Morgan fingerprint density at radius 3 is 2.33 bits per heavy atom. The third-order valence-electron chi connectivity index (χ3n) is 4.01. The number of nitriles is 2. The molecule has 0 amide bonds. The number of hydrogen-bond donors (Lipinski definition) is 0. The van der Waals surface area contributed by atoms with Crippen molar-refractivity contribution in [2.75, 3.05) is 0 Å². The molecule has 3 rings (SSSR count). The van der Waals surface area contributed by atoms with Gasteiger partial charge >= 0.3 is 0 Å². The Balaban J connectivity index is 1.88. The fraction of sp³-hybridized carbons (Fsp3) is 0.0435. The molecule has 0 N–H and O–H groups in total. The number of hydrogen-bond acceptors (Lipinski definition) is 3. The average molecular weight is 371 g/mol. The summed E-state index contributed by atoms with van der Waals surface area (Å²) in [5.74, 6) is 0.666. The Morgan fingerprint density at radius 2 is 1.63 bits per heavy atom. The van der Waals surface area contributed by atoms with Crippen molar-refractivity contribution in [3.8, 4) is 17.9 Å². The van der Waals surface area contributed by atoms with E-state index < -0.39 is 0 Å². The maximum absolute atomic E-state index is 9.56. The van der Waals surface area contributed by atoms with Crippen LogP contribution in [-0.4, -0.2) is 0 Å². The van der Waals surface area contributed by atoms with E-state index in [1.165, 1.54) is 0 Å². The molecule has 3 aromatic rings. The lowest BCUT2D eigenvalue weighted by atomic mass is 10.0. The highest BCUT2D eigenvalue weighted by Gasteiger charge is 2.07. The second-order valence-corrected chi connectivity index (χ2v) is 6.18. The number of rotatable bonds is 5. The molecule has 0 fully saturated rings. The Morgan fingerprint density at radius 1 is 0.926 bits per heavy atom. The summed E-state index contributed by atoms with van der Waals surface area (Å²) in [6.45, 7) is 0.337. The van der Waals surface area contributed by atoms with Gasteiger partial charge in [-0.15, -0.1) is 0 Å². The van der Waals surface area contributed by atoms with Gasteiger partial charge in [0, 0.05) is 16.1 Å². The maximum atomic E-state index is 9.56. The van der Waals surface area contributed by atoms with Gasteiger partial charge in [0.1, 0.15) is 12.4 Å². The Hall–Kier alpha value is -3.53. The topological polar surface area (TPSA) is 56.8 Å². The normalized spacial score (nSPS) is 10.7. The fourth-order valence-corrected chi connectivity index (χ4v) is 2.75. The van der Waals surface area contributed by atoms with Crippen LogP contribution in [0, 0.1) is 22.7 Å². The van der Waals surface area contributed by atoms with Crippen molar-refractivity contribution in [3.63, 3.8) is 0 Å². The Labute approximate surface area is 163 Å². The van der Waals surface area contributed by atoms with Crippen LogP contribution < -0.4 is 4.74 Å². The summed E-state index contributed by atoms with van der Waals surface area (Å²) in [5.41, 5.74) is 3.49. The van der Waals surface area contributed by atoms with Crippen LogP contribution in [0.25, 0.3) is 11.6 Å². The third-order valence-corrected chi connectivity index (χ3v) is 4.37. The summed E-state index contributed by atoms with van der Waals surface area (Å²) in [6.07, 6.45) is 1.78. The zero-order chi connectivity index (χ0) is 19.1. The van der Waals surface area contributed by atoms with Gasteiger partial charge in [0.05, 0.1) is 23.3 Å². The zero-order valence-electron chi connectivity index (χ0n) is 14.4. The first kappa shape index (κ1) is 18.3. The van der Waals surface area contributed by atoms with Crippen molar-refractivity contribution in [3.05, 3.63) is 100 Å². The number of para-hydroxylation sites is 1. The van der Waals surface area contributed by atoms with Gasteiger partial charge in [0.2, 0.25) is 0 Å². The van der Waals surface area contributed by atoms with Crippen LogP contribution in [0.2, 0.25) is 5.02 Å². The van der Waals surface area contributed by atoms with Crippen LogP contribution >= 0.6 is 11.6 Å². The van der Waals surface area contributed by atoms with E-state index in [1.54, 1.807) is 30.3 Å². The van der Waals surface area contributed by atoms with Gasteiger partial charge in [0.15, 0.2) is 0 Å². The zero-order valence-corrected chi connectivity index (χ0v) is 15.1. The number of ether oxygens (including phenoxy) is 1. The first-order chi connectivity index (χ1) is 13.2. The van der Waals surface area contributed by atoms with Crippen LogP contribution in [0.3, 0.4) is 0 Å². The van der Waals surface area contributed by atoms with Gasteiger partial charge in [-0.25, -0.2) is 0 Å². The fourth-order valence-electron chi connectivity index (χ4n) is 2.56. The molecule has 0 aliphatic heterocycles. The molecule has 0 atom stereocenters. The minimum atomic E-state index is 0.337. The van der Waals surface area contributed by atoms with E-state index >= 15 is 0 Å². The van der Waals surface area contributed by atoms with Crippen LogP contribution in [0.1, 0.15) is 22.3 Å². The van der Waals surface area contributed by atoms with Crippen molar-refractivity contribution in [2.45, 2.75) is 6.61 Å². The van der Waals surface area contributed by atoms with Crippen molar-refractivity contribution < 1.29 is 4.74 Å². The molecule has 0 aliphatic rings. The number of halogens is 1. The van der Waals surface area contributed by atoms with Gasteiger partial charge in [-0.05, 0) is 35.9 Å². The third kappa shape index (κ3) is 4.55. The molecule has 0 aromatic heterocycles. The highest BCUT2D eigenvalue weighted by molar-refractivity contribution is 6.31. The predicted octanol–water partition coefficient (Wildman–Crippen LogP) is 5.85.